The van der Waals surface area contributed by atoms with E-state index in [2.05, 4.69) is 20.2 Å². The van der Waals surface area contributed by atoms with Crippen molar-refractivity contribution in [3.63, 3.8) is 0 Å². The fourth-order valence-corrected chi connectivity index (χ4v) is 4.89. The Morgan fingerprint density at radius 2 is 0.808 bits per heavy atom. The number of ether oxygens (including phenoxy) is 4. The second-order valence-electron chi connectivity index (χ2n) is 11.6. The lowest BCUT2D eigenvalue weighted by Gasteiger charge is -2.11. The van der Waals surface area contributed by atoms with Crippen molar-refractivity contribution in [3.8, 4) is 23.0 Å². The molecule has 0 aliphatic heterocycles. The van der Waals surface area contributed by atoms with Gasteiger partial charge in [0.15, 0.2) is 0 Å². The molecular weight excluding hydrogens is 660 g/mol. The van der Waals surface area contributed by atoms with Gasteiger partial charge in [0.25, 0.3) is 0 Å². The van der Waals surface area contributed by atoms with E-state index in [0.717, 1.165) is 47.6 Å². The average Bonchev–Trinajstić information content (AvgIpc) is 3.15. The van der Waals surface area contributed by atoms with E-state index in [1.165, 1.54) is 0 Å². The predicted molar refractivity (Wildman–Crippen MR) is 211 cm³/mol. The normalized spacial score (nSPS) is 12.2. The molecule has 0 heterocycles. The van der Waals surface area contributed by atoms with Crippen LogP contribution >= 0.6 is 0 Å². The molecule has 0 amide bonds. The van der Waals surface area contributed by atoms with Gasteiger partial charge in [-0.05, 0) is 74.8 Å². The van der Waals surface area contributed by atoms with Gasteiger partial charge >= 0.3 is 0 Å². The fourth-order valence-electron chi connectivity index (χ4n) is 4.89. The number of benzene rings is 4. The highest BCUT2D eigenvalue weighted by molar-refractivity contribution is 6.40. The lowest BCUT2D eigenvalue weighted by atomic mass is 10.0. The molecule has 12 N–H and O–H groups in total. The first-order valence-electron chi connectivity index (χ1n) is 17.3. The van der Waals surface area contributed by atoms with Crippen molar-refractivity contribution in [2.75, 3.05) is 52.6 Å². The number of fused-ring (bicyclic) bond motifs is 1. The number of rotatable bonds is 22. The maximum Gasteiger partial charge on any atom is 0.125 e. The highest BCUT2D eigenvalue weighted by Crippen LogP contribution is 2.30. The van der Waals surface area contributed by atoms with E-state index >= 15 is 0 Å². The lowest BCUT2D eigenvalue weighted by Crippen LogP contribution is -2.08. The Bertz CT molecular complexity index is 1660. The van der Waals surface area contributed by atoms with Crippen molar-refractivity contribution < 1.29 is 18.9 Å². The summed E-state index contributed by atoms with van der Waals surface area (Å²) < 4.78 is 23.5. The third kappa shape index (κ3) is 12.3. The van der Waals surface area contributed by atoms with E-state index in [1.807, 2.05) is 72.8 Å². The van der Waals surface area contributed by atoms with E-state index in [0.29, 0.717) is 98.4 Å². The molecule has 4 aromatic rings. The summed E-state index contributed by atoms with van der Waals surface area (Å²) in [5.41, 5.74) is 26.2. The predicted octanol–water partition coefficient (Wildman–Crippen LogP) is 3.88. The topological polar surface area (TPSA) is 242 Å². The Morgan fingerprint density at radius 3 is 1.12 bits per heavy atom. The first kappa shape index (κ1) is 39.2. The molecule has 0 aliphatic rings. The molecular formula is C38H50N10O4. The number of aliphatic imine (C=N–C) groups is 2. The van der Waals surface area contributed by atoms with Crippen LogP contribution < -0.4 is 53.6 Å². The van der Waals surface area contributed by atoms with Gasteiger partial charge in [0, 0.05) is 47.5 Å². The number of hydrazone groups is 2. The summed E-state index contributed by atoms with van der Waals surface area (Å²) in [7, 11) is 0. The summed E-state index contributed by atoms with van der Waals surface area (Å²) >= 11 is 0. The second kappa shape index (κ2) is 21.6. The minimum atomic E-state index is 0.472. The van der Waals surface area contributed by atoms with Crippen molar-refractivity contribution >= 4 is 46.0 Å². The Hall–Kier alpha value is -5.54. The van der Waals surface area contributed by atoms with Crippen molar-refractivity contribution in [3.05, 3.63) is 83.9 Å². The molecule has 0 fully saturated rings. The lowest BCUT2D eigenvalue weighted by molar-refractivity contribution is 0.298. The molecule has 4 aromatic carbocycles. The van der Waals surface area contributed by atoms with Crippen LogP contribution in [-0.4, -0.2) is 76.5 Å². The first-order valence-corrected chi connectivity index (χ1v) is 17.3. The molecule has 0 radical (unpaired) electrons. The summed E-state index contributed by atoms with van der Waals surface area (Å²) in [6.07, 6.45) is 6.11. The highest BCUT2D eigenvalue weighted by Gasteiger charge is 2.09. The van der Waals surface area contributed by atoms with Crippen molar-refractivity contribution in [1.29, 1.82) is 0 Å². The number of nitrogens with zero attached hydrogens (tertiary/aromatic N) is 4. The number of hydrogen-bond donors (Lipinski definition) is 6. The molecule has 14 heteroatoms. The molecule has 52 heavy (non-hydrogen) atoms. The van der Waals surface area contributed by atoms with E-state index < -0.39 is 0 Å². The van der Waals surface area contributed by atoms with Gasteiger partial charge in [-0.15, -0.1) is 0 Å². The van der Waals surface area contributed by atoms with Gasteiger partial charge in [0.05, 0.1) is 50.2 Å². The summed E-state index contributed by atoms with van der Waals surface area (Å²) in [4.78, 5) is 9.30. The number of nitrogens with two attached hydrogens (primary N) is 6. The van der Waals surface area contributed by atoms with Gasteiger partial charge in [-0.3, -0.25) is 9.98 Å². The van der Waals surface area contributed by atoms with Crippen LogP contribution in [0.15, 0.2) is 93.0 Å². The molecule has 276 valence electrons. The van der Waals surface area contributed by atoms with Gasteiger partial charge in [-0.2, -0.15) is 10.2 Å². The van der Waals surface area contributed by atoms with E-state index in [4.69, 9.17) is 53.6 Å². The van der Waals surface area contributed by atoms with E-state index in [1.54, 1.807) is 12.4 Å². The molecule has 0 saturated heterocycles. The van der Waals surface area contributed by atoms with Gasteiger partial charge in [-0.25, -0.2) is 0 Å². The van der Waals surface area contributed by atoms with Crippen LogP contribution in [-0.2, 0) is 0 Å². The first-order chi connectivity index (χ1) is 25.5. The van der Waals surface area contributed by atoms with Crippen LogP contribution in [0.25, 0.3) is 10.8 Å². The van der Waals surface area contributed by atoms with Crippen LogP contribution in [0, 0.1) is 0 Å². The molecule has 4 rings (SSSR count). The van der Waals surface area contributed by atoms with Crippen molar-refractivity contribution in [2.24, 2.45) is 54.8 Å². The van der Waals surface area contributed by atoms with Crippen LogP contribution in [0.2, 0.25) is 0 Å². The SMILES string of the molecule is NCCCOc1cc(N=CC(=NN)c2ccc3ccc(C(C=Nc4cc(OCCCN)cc(OCCCN)c4)=NN)cc3c2)cc(OCCCN)c1. The molecule has 14 nitrogen and oxygen atoms in total. The third-order valence-electron chi connectivity index (χ3n) is 7.58. The molecule has 0 spiro atoms. The second-order valence-corrected chi connectivity index (χ2v) is 11.6. The molecule has 0 saturated carbocycles. The highest BCUT2D eigenvalue weighted by atomic mass is 16.5. The van der Waals surface area contributed by atoms with Crippen LogP contribution in [0.1, 0.15) is 36.8 Å². The summed E-state index contributed by atoms with van der Waals surface area (Å²) in [5, 5.41) is 9.96. The number of hydrogen-bond acceptors (Lipinski definition) is 14. The molecule has 0 atom stereocenters. The zero-order valence-electron chi connectivity index (χ0n) is 29.5. The zero-order valence-corrected chi connectivity index (χ0v) is 29.5. The van der Waals surface area contributed by atoms with Crippen LogP contribution in [0.3, 0.4) is 0 Å². The minimum absolute atomic E-state index is 0.472. The Kier molecular flexibility index (Phi) is 16.3. The van der Waals surface area contributed by atoms with Gasteiger partial charge in [-0.1, -0.05) is 24.3 Å². The van der Waals surface area contributed by atoms with E-state index in [9.17, 15) is 0 Å². The fraction of sp³-hybridized carbons (Fsp3) is 0.316. The van der Waals surface area contributed by atoms with Gasteiger partial charge in [0.2, 0.25) is 0 Å². The Labute approximate surface area is 304 Å². The van der Waals surface area contributed by atoms with E-state index in [-0.39, 0.29) is 0 Å². The summed E-state index contributed by atoms with van der Waals surface area (Å²) in [6, 6.07) is 22.7. The smallest absolute Gasteiger partial charge is 0.125 e. The quantitative estimate of drug-likeness (QED) is 0.0297. The Morgan fingerprint density at radius 1 is 0.462 bits per heavy atom. The summed E-state index contributed by atoms with van der Waals surface area (Å²) in [6.45, 7) is 4.04. The minimum Gasteiger partial charge on any atom is -0.493 e. The standard InChI is InChI=1S/C38H50N10O4/c39-9-1-13-49-33-19-31(20-34(23-33)50-14-2-10-40)45-25-37(47-43)28-7-5-27-6-8-29(18-30(27)17-28)38(48-44)26-46-32-21-35(51-15-3-11-41)24-36(22-32)52-16-4-12-42/h5-8,17-26H,1-4,9-16,39-44H2. The summed E-state index contributed by atoms with van der Waals surface area (Å²) in [5.74, 6) is 14.2. The maximum absolute atomic E-state index is 5.87. The van der Waals surface area contributed by atoms with Crippen LogP contribution in [0.5, 0.6) is 23.0 Å². The monoisotopic (exact) mass is 710 g/mol. The molecule has 0 aliphatic carbocycles. The maximum atomic E-state index is 5.87. The molecule has 0 aromatic heterocycles. The van der Waals surface area contributed by atoms with Crippen molar-refractivity contribution in [1.82, 2.24) is 0 Å². The van der Waals surface area contributed by atoms with Gasteiger partial charge < -0.3 is 53.6 Å². The zero-order chi connectivity index (χ0) is 37.0. The largest absolute Gasteiger partial charge is 0.493 e. The third-order valence-corrected chi connectivity index (χ3v) is 7.58. The average molecular weight is 711 g/mol. The molecule has 0 unspecified atom stereocenters. The van der Waals surface area contributed by atoms with Crippen molar-refractivity contribution in [2.45, 2.75) is 25.7 Å². The van der Waals surface area contributed by atoms with Gasteiger partial charge in [0.1, 0.15) is 34.4 Å². The molecule has 0 bridgehead atoms. The Balaban J connectivity index is 1.56. The van der Waals surface area contributed by atoms with Crippen LogP contribution in [0.4, 0.5) is 11.4 Å².